The summed E-state index contributed by atoms with van der Waals surface area (Å²) in [5, 5.41) is 0. The minimum atomic E-state index is 0.120. The van der Waals surface area contributed by atoms with Gasteiger partial charge in [0.25, 0.3) is 0 Å². The van der Waals surface area contributed by atoms with Gasteiger partial charge >= 0.3 is 0 Å². The minimum absolute atomic E-state index is 0.120. The maximum atomic E-state index is 12.2. The third-order valence-corrected chi connectivity index (χ3v) is 3.35. The van der Waals surface area contributed by atoms with E-state index in [0.717, 1.165) is 26.9 Å². The number of hydrogen-bond acceptors (Lipinski definition) is 2. The van der Waals surface area contributed by atoms with Gasteiger partial charge in [0.1, 0.15) is 5.75 Å². The van der Waals surface area contributed by atoms with E-state index in [1.54, 1.807) is 7.11 Å². The van der Waals surface area contributed by atoms with Crippen molar-refractivity contribution in [1.29, 1.82) is 0 Å². The first-order valence-corrected chi connectivity index (χ1v) is 6.81. The molecule has 3 heteroatoms. The number of rotatable bonds is 4. The number of halogens is 1. The van der Waals surface area contributed by atoms with E-state index in [0.29, 0.717) is 6.42 Å². The fraction of sp³-hybridized carbons (Fsp3) is 0.188. The lowest BCUT2D eigenvalue weighted by Crippen LogP contribution is -2.04. The van der Waals surface area contributed by atoms with Gasteiger partial charge in [-0.2, -0.15) is 0 Å². The van der Waals surface area contributed by atoms with Crippen LogP contribution in [0.3, 0.4) is 0 Å². The topological polar surface area (TPSA) is 26.3 Å². The summed E-state index contributed by atoms with van der Waals surface area (Å²) in [6.07, 6.45) is 0.403. The maximum absolute atomic E-state index is 12.2. The molecular weight excluding hydrogens is 304 g/mol. The van der Waals surface area contributed by atoms with E-state index in [9.17, 15) is 4.79 Å². The molecule has 19 heavy (non-hydrogen) atoms. The van der Waals surface area contributed by atoms with E-state index >= 15 is 0 Å². The zero-order valence-electron chi connectivity index (χ0n) is 10.9. The second-order valence-corrected chi connectivity index (χ2v) is 5.38. The lowest BCUT2D eigenvalue weighted by atomic mass is 10.0. The largest absolute Gasteiger partial charge is 0.497 e. The summed E-state index contributed by atoms with van der Waals surface area (Å²) in [5.74, 6) is 0.920. The fourth-order valence-electron chi connectivity index (χ4n) is 1.93. The Bertz CT molecular complexity index is 568. The number of Topliss-reactive ketones (excluding diaryl/α,β-unsaturated/α-hetero) is 1. The summed E-state index contributed by atoms with van der Waals surface area (Å²) in [5.41, 5.74) is 2.80. The Morgan fingerprint density at radius 1 is 1.16 bits per heavy atom. The molecule has 0 atom stereocenters. The monoisotopic (exact) mass is 318 g/mol. The number of carbonyl (C=O) groups is 1. The van der Waals surface area contributed by atoms with Gasteiger partial charge in [-0.3, -0.25) is 4.79 Å². The second kappa shape index (κ2) is 6.02. The zero-order valence-corrected chi connectivity index (χ0v) is 12.5. The molecule has 0 amide bonds. The van der Waals surface area contributed by atoms with E-state index < -0.39 is 0 Å². The molecule has 0 heterocycles. The highest BCUT2D eigenvalue weighted by atomic mass is 79.9. The van der Waals surface area contributed by atoms with Gasteiger partial charge in [0, 0.05) is 16.5 Å². The molecule has 98 valence electrons. The summed E-state index contributed by atoms with van der Waals surface area (Å²) in [6.45, 7) is 1.98. The molecule has 2 nitrogen and oxygen atoms in total. The Labute approximate surface area is 121 Å². The van der Waals surface area contributed by atoms with Crippen LogP contribution in [-0.2, 0) is 6.42 Å². The van der Waals surface area contributed by atoms with Gasteiger partial charge in [-0.15, -0.1) is 0 Å². The molecule has 0 spiro atoms. The van der Waals surface area contributed by atoms with Crippen molar-refractivity contribution in [3.8, 4) is 5.75 Å². The standard InChI is InChI=1S/C16H15BrO2/c1-11-7-13(10-14(17)8-11)16(18)9-12-3-5-15(19-2)6-4-12/h3-8,10H,9H2,1-2H3. The molecule has 0 radical (unpaired) electrons. The first kappa shape index (κ1) is 13.8. The molecule has 0 fully saturated rings. The summed E-state index contributed by atoms with van der Waals surface area (Å²) in [7, 11) is 1.63. The average Bonchev–Trinajstić information content (AvgIpc) is 2.38. The predicted octanol–water partition coefficient (Wildman–Crippen LogP) is 4.19. The van der Waals surface area contributed by atoms with Crippen molar-refractivity contribution in [2.45, 2.75) is 13.3 Å². The summed E-state index contributed by atoms with van der Waals surface area (Å²) in [4.78, 5) is 12.2. The SMILES string of the molecule is COc1ccc(CC(=O)c2cc(C)cc(Br)c2)cc1. The third-order valence-electron chi connectivity index (χ3n) is 2.89. The Hall–Kier alpha value is -1.61. The molecule has 0 aliphatic carbocycles. The van der Waals surface area contributed by atoms with Crippen molar-refractivity contribution in [3.05, 3.63) is 63.6 Å². The highest BCUT2D eigenvalue weighted by Gasteiger charge is 2.08. The summed E-state index contributed by atoms with van der Waals surface area (Å²) >= 11 is 3.42. The molecule has 0 saturated heterocycles. The van der Waals surface area contributed by atoms with Gasteiger partial charge in [0.2, 0.25) is 0 Å². The lowest BCUT2D eigenvalue weighted by Gasteiger charge is -2.05. The van der Waals surface area contributed by atoms with Crippen LogP contribution in [0.15, 0.2) is 46.9 Å². The molecule has 0 aliphatic rings. The summed E-state index contributed by atoms with van der Waals surface area (Å²) in [6, 6.07) is 13.3. The van der Waals surface area contributed by atoms with Gasteiger partial charge < -0.3 is 4.74 Å². The minimum Gasteiger partial charge on any atom is -0.497 e. The van der Waals surface area contributed by atoms with Gasteiger partial charge in [-0.25, -0.2) is 0 Å². The molecule has 0 N–H and O–H groups in total. The van der Waals surface area contributed by atoms with Crippen LogP contribution >= 0.6 is 15.9 Å². The molecular formula is C16H15BrO2. The third kappa shape index (κ3) is 3.67. The van der Waals surface area contributed by atoms with E-state index in [4.69, 9.17) is 4.74 Å². The number of benzene rings is 2. The zero-order chi connectivity index (χ0) is 13.8. The van der Waals surface area contributed by atoms with Crippen molar-refractivity contribution >= 4 is 21.7 Å². The van der Waals surface area contributed by atoms with Crippen LogP contribution in [-0.4, -0.2) is 12.9 Å². The highest BCUT2D eigenvalue weighted by molar-refractivity contribution is 9.10. The molecule has 0 aromatic heterocycles. The van der Waals surface area contributed by atoms with Crippen molar-refractivity contribution in [1.82, 2.24) is 0 Å². The highest BCUT2D eigenvalue weighted by Crippen LogP contribution is 2.18. The average molecular weight is 319 g/mol. The van der Waals surface area contributed by atoms with Crippen LogP contribution in [0, 0.1) is 6.92 Å². The quantitative estimate of drug-likeness (QED) is 0.790. The number of ketones is 1. The number of methoxy groups -OCH3 is 1. The van der Waals surface area contributed by atoms with Gasteiger partial charge in [-0.05, 0) is 48.4 Å². The summed E-state index contributed by atoms with van der Waals surface area (Å²) < 4.78 is 6.03. The Morgan fingerprint density at radius 2 is 1.84 bits per heavy atom. The first-order chi connectivity index (χ1) is 9.08. The van der Waals surface area contributed by atoms with Crippen LogP contribution in [0.5, 0.6) is 5.75 Å². The molecule has 2 aromatic carbocycles. The first-order valence-electron chi connectivity index (χ1n) is 6.02. The smallest absolute Gasteiger partial charge is 0.167 e. The van der Waals surface area contributed by atoms with Crippen molar-refractivity contribution < 1.29 is 9.53 Å². The van der Waals surface area contributed by atoms with E-state index in [1.807, 2.05) is 49.4 Å². The second-order valence-electron chi connectivity index (χ2n) is 4.47. The lowest BCUT2D eigenvalue weighted by molar-refractivity contribution is 0.0993. The Kier molecular flexibility index (Phi) is 4.38. The van der Waals surface area contributed by atoms with Crippen LogP contribution in [0.4, 0.5) is 0 Å². The predicted molar refractivity (Wildman–Crippen MR) is 79.9 cm³/mol. The Morgan fingerprint density at radius 3 is 2.42 bits per heavy atom. The molecule has 0 aliphatic heterocycles. The van der Waals surface area contributed by atoms with Crippen molar-refractivity contribution in [2.75, 3.05) is 7.11 Å². The number of aryl methyl sites for hydroxylation is 1. The Balaban J connectivity index is 2.15. The fourth-order valence-corrected chi connectivity index (χ4v) is 2.54. The molecule has 0 unspecified atom stereocenters. The van der Waals surface area contributed by atoms with Gasteiger partial charge in [-0.1, -0.05) is 28.1 Å². The number of hydrogen-bond donors (Lipinski definition) is 0. The van der Waals surface area contributed by atoms with E-state index in [1.165, 1.54) is 0 Å². The van der Waals surface area contributed by atoms with Crippen LogP contribution < -0.4 is 4.74 Å². The van der Waals surface area contributed by atoms with Crippen molar-refractivity contribution in [2.24, 2.45) is 0 Å². The molecule has 0 bridgehead atoms. The van der Waals surface area contributed by atoms with Crippen molar-refractivity contribution in [3.63, 3.8) is 0 Å². The van der Waals surface area contributed by atoms with Gasteiger partial charge in [0.15, 0.2) is 5.78 Å². The number of ether oxygens (including phenoxy) is 1. The van der Waals surface area contributed by atoms with E-state index in [-0.39, 0.29) is 5.78 Å². The molecule has 2 rings (SSSR count). The van der Waals surface area contributed by atoms with Crippen LogP contribution in [0.2, 0.25) is 0 Å². The molecule has 2 aromatic rings. The normalized spacial score (nSPS) is 10.3. The van der Waals surface area contributed by atoms with Gasteiger partial charge in [0.05, 0.1) is 7.11 Å². The van der Waals surface area contributed by atoms with E-state index in [2.05, 4.69) is 15.9 Å². The van der Waals surface area contributed by atoms with Crippen LogP contribution in [0.25, 0.3) is 0 Å². The maximum Gasteiger partial charge on any atom is 0.167 e. The molecule has 0 saturated carbocycles. The van der Waals surface area contributed by atoms with Crippen LogP contribution in [0.1, 0.15) is 21.5 Å². The number of carbonyl (C=O) groups excluding carboxylic acids is 1.